The van der Waals surface area contributed by atoms with Crippen molar-refractivity contribution in [3.8, 4) is 0 Å². The average molecular weight is 408 g/mol. The van der Waals surface area contributed by atoms with Gasteiger partial charge in [0.25, 0.3) is 0 Å². The number of rotatable bonds is 11. The van der Waals surface area contributed by atoms with E-state index in [9.17, 15) is 14.4 Å². The second-order valence-electron chi connectivity index (χ2n) is 7.45. The van der Waals surface area contributed by atoms with Gasteiger partial charge < -0.3 is 25.8 Å². The maximum atomic E-state index is 12.7. The van der Waals surface area contributed by atoms with Crippen LogP contribution in [0.25, 0.3) is 0 Å². The van der Waals surface area contributed by atoms with E-state index in [2.05, 4.69) is 16.0 Å². The summed E-state index contributed by atoms with van der Waals surface area (Å²) in [6.45, 7) is 5.02. The van der Waals surface area contributed by atoms with Crippen LogP contribution in [-0.2, 0) is 30.3 Å². The molecule has 1 unspecified atom stereocenters. The van der Waals surface area contributed by atoms with Gasteiger partial charge in [-0.3, -0.25) is 19.7 Å². The molecule has 9 heteroatoms. The second kappa shape index (κ2) is 12.2. The second-order valence-corrected chi connectivity index (χ2v) is 7.45. The molecule has 2 amide bonds. The van der Waals surface area contributed by atoms with Crippen molar-refractivity contribution in [3.05, 3.63) is 35.9 Å². The Morgan fingerprint density at radius 1 is 1.10 bits per heavy atom. The fraction of sp³-hybridized carbons (Fsp3) is 0.550. The minimum Gasteiger partial charge on any atom is -0.459 e. The maximum absolute atomic E-state index is 12.7. The molecule has 0 aliphatic carbocycles. The lowest BCUT2D eigenvalue weighted by Gasteiger charge is -2.25. The summed E-state index contributed by atoms with van der Waals surface area (Å²) in [5, 5.41) is 8.26. The zero-order valence-corrected chi connectivity index (χ0v) is 17.5. The molecule has 0 heterocycles. The highest BCUT2D eigenvalue weighted by Gasteiger charge is 2.24. The molecule has 0 fully saturated rings. The van der Waals surface area contributed by atoms with Crippen molar-refractivity contribution in [3.63, 3.8) is 0 Å². The molecule has 0 aromatic heterocycles. The number of benzene rings is 1. The van der Waals surface area contributed by atoms with E-state index in [-0.39, 0.29) is 31.4 Å². The lowest BCUT2D eigenvalue weighted by Crippen LogP contribution is -2.54. The number of ether oxygens (including phenoxy) is 2. The largest absolute Gasteiger partial charge is 0.459 e. The van der Waals surface area contributed by atoms with E-state index in [0.717, 1.165) is 5.56 Å². The van der Waals surface area contributed by atoms with Crippen LogP contribution in [0, 0.1) is 0 Å². The summed E-state index contributed by atoms with van der Waals surface area (Å²) in [4.78, 5) is 36.0. The van der Waals surface area contributed by atoms with Gasteiger partial charge in [-0.05, 0) is 32.8 Å². The Bertz CT molecular complexity index is 661. The van der Waals surface area contributed by atoms with Crippen LogP contribution < -0.4 is 21.7 Å². The minimum absolute atomic E-state index is 0.136. The molecule has 0 saturated carbocycles. The lowest BCUT2D eigenvalue weighted by atomic mass is 10.1. The number of amides is 2. The van der Waals surface area contributed by atoms with Gasteiger partial charge in [0.1, 0.15) is 18.4 Å². The Kier molecular flexibility index (Phi) is 10.3. The first-order valence-electron chi connectivity index (χ1n) is 9.43. The number of nitrogens with two attached hydrogens (primary N) is 1. The molecule has 0 aliphatic rings. The van der Waals surface area contributed by atoms with E-state index in [1.54, 1.807) is 20.8 Å². The fourth-order valence-corrected chi connectivity index (χ4v) is 2.45. The van der Waals surface area contributed by atoms with Crippen molar-refractivity contribution in [1.29, 1.82) is 0 Å². The van der Waals surface area contributed by atoms with E-state index in [0.29, 0.717) is 6.42 Å². The van der Waals surface area contributed by atoms with E-state index >= 15 is 0 Å². The molecule has 0 bridgehead atoms. The van der Waals surface area contributed by atoms with Gasteiger partial charge in [0.15, 0.2) is 0 Å². The Morgan fingerprint density at radius 2 is 1.76 bits per heavy atom. The first-order valence-corrected chi connectivity index (χ1v) is 9.43. The molecule has 0 spiro atoms. The van der Waals surface area contributed by atoms with Gasteiger partial charge in [-0.15, -0.1) is 0 Å². The van der Waals surface area contributed by atoms with Crippen molar-refractivity contribution in [2.24, 2.45) is 5.73 Å². The predicted octanol–water partition coefficient (Wildman–Crippen LogP) is -0.307. The number of carbonyl (C=O) groups excluding carboxylic acids is 3. The minimum atomic E-state index is -0.695. The molecular weight excluding hydrogens is 376 g/mol. The fourth-order valence-electron chi connectivity index (χ4n) is 2.45. The normalized spacial score (nSPS) is 13.3. The highest BCUT2D eigenvalue weighted by atomic mass is 16.6. The first-order chi connectivity index (χ1) is 13.6. The number of hydrogen-bond donors (Lipinski definition) is 4. The van der Waals surface area contributed by atoms with E-state index in [1.807, 2.05) is 30.3 Å². The maximum Gasteiger partial charge on any atom is 0.325 e. The predicted molar refractivity (Wildman–Crippen MR) is 109 cm³/mol. The van der Waals surface area contributed by atoms with Gasteiger partial charge in [-0.2, -0.15) is 0 Å². The Morgan fingerprint density at radius 3 is 2.31 bits per heavy atom. The van der Waals surface area contributed by atoms with Crippen molar-refractivity contribution >= 4 is 17.8 Å². The molecule has 1 aromatic carbocycles. The zero-order valence-electron chi connectivity index (χ0n) is 17.5. The molecule has 9 nitrogen and oxygen atoms in total. The number of hydrogen-bond acceptors (Lipinski definition) is 7. The summed E-state index contributed by atoms with van der Waals surface area (Å²) >= 11 is 0. The molecule has 162 valence electrons. The SMILES string of the molecule is COC(CNC(=O)CN)N[C@@H](Cc1ccccc1)C(=O)NCC(=O)OC(C)(C)C. The summed E-state index contributed by atoms with van der Waals surface area (Å²) < 4.78 is 10.5. The van der Waals surface area contributed by atoms with Gasteiger partial charge in [-0.25, -0.2) is 0 Å². The van der Waals surface area contributed by atoms with E-state index < -0.39 is 23.8 Å². The summed E-state index contributed by atoms with van der Waals surface area (Å²) in [5.74, 6) is -1.24. The van der Waals surface area contributed by atoms with Crippen LogP contribution in [0.4, 0.5) is 0 Å². The third-order valence-corrected chi connectivity index (χ3v) is 3.77. The summed E-state index contributed by atoms with van der Waals surface area (Å²) in [6, 6.07) is 8.73. The average Bonchev–Trinajstić information content (AvgIpc) is 2.67. The van der Waals surface area contributed by atoms with Crippen LogP contribution in [0.5, 0.6) is 0 Å². The summed E-state index contributed by atoms with van der Waals surface area (Å²) in [6.07, 6.45) is -0.252. The van der Waals surface area contributed by atoms with Crippen LogP contribution in [0.15, 0.2) is 30.3 Å². The summed E-state index contributed by atoms with van der Waals surface area (Å²) in [7, 11) is 1.46. The molecule has 1 aromatic rings. The van der Waals surface area contributed by atoms with E-state index in [1.165, 1.54) is 7.11 Å². The van der Waals surface area contributed by atoms with Crippen LogP contribution in [0.2, 0.25) is 0 Å². The van der Waals surface area contributed by atoms with Gasteiger partial charge in [0.05, 0.1) is 19.1 Å². The smallest absolute Gasteiger partial charge is 0.325 e. The number of carbonyl (C=O) groups is 3. The molecule has 29 heavy (non-hydrogen) atoms. The Labute approximate surface area is 171 Å². The highest BCUT2D eigenvalue weighted by Crippen LogP contribution is 2.07. The van der Waals surface area contributed by atoms with Gasteiger partial charge in [-0.1, -0.05) is 30.3 Å². The molecule has 1 rings (SSSR count). The van der Waals surface area contributed by atoms with Crippen molar-refractivity contribution in [1.82, 2.24) is 16.0 Å². The topological polar surface area (TPSA) is 132 Å². The van der Waals surface area contributed by atoms with Crippen molar-refractivity contribution in [2.75, 3.05) is 26.7 Å². The Balaban J connectivity index is 2.77. The quantitative estimate of drug-likeness (QED) is 0.292. The van der Waals surface area contributed by atoms with Gasteiger partial charge >= 0.3 is 5.97 Å². The monoisotopic (exact) mass is 408 g/mol. The lowest BCUT2D eigenvalue weighted by molar-refractivity contribution is -0.154. The zero-order chi connectivity index (χ0) is 21.9. The molecule has 2 atom stereocenters. The van der Waals surface area contributed by atoms with Crippen LogP contribution in [0.3, 0.4) is 0 Å². The van der Waals surface area contributed by atoms with Crippen LogP contribution in [0.1, 0.15) is 26.3 Å². The number of methoxy groups -OCH3 is 1. The van der Waals surface area contributed by atoms with Gasteiger partial charge in [0.2, 0.25) is 11.8 Å². The molecule has 0 radical (unpaired) electrons. The highest BCUT2D eigenvalue weighted by molar-refractivity contribution is 5.86. The third-order valence-electron chi connectivity index (χ3n) is 3.77. The molecule has 0 aliphatic heterocycles. The molecular formula is C20H32N4O5. The number of esters is 1. The van der Waals surface area contributed by atoms with E-state index in [4.69, 9.17) is 15.2 Å². The molecule has 0 saturated heterocycles. The van der Waals surface area contributed by atoms with Gasteiger partial charge in [0, 0.05) is 7.11 Å². The van der Waals surface area contributed by atoms with Crippen molar-refractivity contribution in [2.45, 2.75) is 45.1 Å². The first kappa shape index (κ1) is 24.5. The standard InChI is InChI=1S/C20H32N4O5/c1-20(2,3)29-18(26)13-23-19(27)15(10-14-8-6-5-7-9-14)24-17(28-4)12-22-16(25)11-21/h5-9,15,17,24H,10-13,21H2,1-4H3,(H,22,25)(H,23,27)/t15-,17?/m0/s1. The third kappa shape index (κ3) is 10.6. The molecule has 5 N–H and O–H groups in total. The van der Waals surface area contributed by atoms with Crippen LogP contribution >= 0.6 is 0 Å². The van der Waals surface area contributed by atoms with Crippen LogP contribution in [-0.4, -0.2) is 62.4 Å². The van der Waals surface area contributed by atoms with Crippen molar-refractivity contribution < 1.29 is 23.9 Å². The summed E-state index contributed by atoms with van der Waals surface area (Å²) in [5.41, 5.74) is 5.58. The Hall–Kier alpha value is -2.49. The number of nitrogens with one attached hydrogen (secondary N) is 3.